The fraction of sp³-hybridized carbons (Fsp3) is 0.143. The van der Waals surface area contributed by atoms with Crippen molar-refractivity contribution in [3.8, 4) is 0 Å². The molecule has 0 aliphatic rings. The third-order valence-corrected chi connectivity index (χ3v) is 2.48. The second-order valence-electron chi connectivity index (χ2n) is 1.87. The minimum atomic E-state index is 0.988. The highest BCUT2D eigenvalue weighted by molar-refractivity contribution is 9.28. The molecule has 0 nitrogen and oxygen atoms in total. The minimum Gasteiger partial charge on any atom is -0.149 e. The van der Waals surface area contributed by atoms with Crippen molar-refractivity contribution in [3.63, 3.8) is 0 Å². The molecule has 0 spiro atoms. The van der Waals surface area contributed by atoms with E-state index in [0.29, 0.717) is 0 Å². The summed E-state index contributed by atoms with van der Waals surface area (Å²) in [7, 11) is 0. The van der Waals surface area contributed by atoms with Gasteiger partial charge in [-0.1, -0.05) is 0 Å². The van der Waals surface area contributed by atoms with Gasteiger partial charge >= 0.3 is 0 Å². The lowest BCUT2D eigenvalue weighted by molar-refractivity contribution is 1.60. The van der Waals surface area contributed by atoms with E-state index in [-0.39, 0.29) is 0 Å². The highest BCUT2D eigenvalue weighted by Gasteiger charge is 1.94. The van der Waals surface area contributed by atoms with Gasteiger partial charge in [-0.15, -0.1) is 11.3 Å². The van der Waals surface area contributed by atoms with Crippen LogP contribution in [0, 0.1) is 6.92 Å². The van der Waals surface area contributed by atoms with Crippen molar-refractivity contribution in [2.24, 2.45) is 0 Å². The van der Waals surface area contributed by atoms with Gasteiger partial charge in [0.1, 0.15) is 0 Å². The van der Waals surface area contributed by atoms with Crippen molar-refractivity contribution in [3.05, 3.63) is 25.3 Å². The Labute approximate surface area is 81.2 Å². The first kappa shape index (κ1) is 8.50. The van der Waals surface area contributed by atoms with Gasteiger partial charge in [-0.25, -0.2) is 0 Å². The lowest BCUT2D eigenvalue weighted by Crippen LogP contribution is -1.66. The van der Waals surface area contributed by atoms with E-state index >= 15 is 0 Å². The predicted molar refractivity (Wildman–Crippen MR) is 54.9 cm³/mol. The number of aryl methyl sites for hydroxylation is 1. The molecular formula is C7H6Br2S. The highest BCUT2D eigenvalue weighted by atomic mass is 79.9. The number of halogens is 2. The van der Waals surface area contributed by atoms with Crippen LogP contribution in [0.3, 0.4) is 0 Å². The molecule has 54 valence electrons. The summed E-state index contributed by atoms with van der Waals surface area (Å²) in [5, 5.41) is 2.09. The van der Waals surface area contributed by atoms with Crippen LogP contribution in [0.4, 0.5) is 0 Å². The van der Waals surface area contributed by atoms with Gasteiger partial charge in [0, 0.05) is 4.88 Å². The standard InChI is InChI=1S/C7H6Br2S/c1-5-6(2-3-10-5)4-7(8)9/h2-4H,1H3. The number of hydrogen-bond donors (Lipinski definition) is 0. The van der Waals surface area contributed by atoms with Crippen LogP contribution in [0.5, 0.6) is 0 Å². The van der Waals surface area contributed by atoms with E-state index in [0.717, 1.165) is 3.39 Å². The second-order valence-corrected chi connectivity index (χ2v) is 5.76. The average molecular weight is 282 g/mol. The third-order valence-electron chi connectivity index (χ3n) is 1.16. The van der Waals surface area contributed by atoms with Crippen molar-refractivity contribution < 1.29 is 0 Å². The lowest BCUT2D eigenvalue weighted by Gasteiger charge is -1.87. The molecule has 0 aromatic carbocycles. The Morgan fingerprint density at radius 1 is 1.60 bits per heavy atom. The van der Waals surface area contributed by atoms with Crippen molar-refractivity contribution in [2.45, 2.75) is 6.92 Å². The monoisotopic (exact) mass is 280 g/mol. The molecular weight excluding hydrogens is 276 g/mol. The average Bonchev–Trinajstić information content (AvgIpc) is 2.15. The van der Waals surface area contributed by atoms with E-state index < -0.39 is 0 Å². The SMILES string of the molecule is Cc1sccc1C=C(Br)Br. The van der Waals surface area contributed by atoms with Crippen LogP contribution in [-0.4, -0.2) is 0 Å². The summed E-state index contributed by atoms with van der Waals surface area (Å²) in [5.41, 5.74) is 1.27. The molecule has 10 heavy (non-hydrogen) atoms. The Hall–Kier alpha value is 0.400. The van der Waals surface area contributed by atoms with E-state index in [1.54, 1.807) is 11.3 Å². The van der Waals surface area contributed by atoms with Gasteiger partial charge in [0.05, 0.1) is 3.39 Å². The molecule has 0 radical (unpaired) electrons. The largest absolute Gasteiger partial charge is 0.149 e. The van der Waals surface area contributed by atoms with Gasteiger partial charge in [0.2, 0.25) is 0 Å². The maximum absolute atomic E-state index is 3.31. The maximum Gasteiger partial charge on any atom is 0.0610 e. The minimum absolute atomic E-state index is 0.988. The second kappa shape index (κ2) is 3.69. The van der Waals surface area contributed by atoms with Crippen LogP contribution in [0.25, 0.3) is 6.08 Å². The normalized spacial score (nSPS) is 9.50. The zero-order valence-corrected chi connectivity index (χ0v) is 9.38. The molecule has 0 amide bonds. The van der Waals surface area contributed by atoms with Crippen molar-refractivity contribution in [1.29, 1.82) is 0 Å². The van der Waals surface area contributed by atoms with Crippen molar-refractivity contribution in [1.82, 2.24) is 0 Å². The lowest BCUT2D eigenvalue weighted by atomic mass is 10.3. The molecule has 0 bridgehead atoms. The summed E-state index contributed by atoms with van der Waals surface area (Å²) in [6, 6.07) is 2.10. The fourth-order valence-electron chi connectivity index (χ4n) is 0.662. The van der Waals surface area contributed by atoms with Gasteiger partial charge in [-0.3, -0.25) is 0 Å². The number of rotatable bonds is 1. The molecule has 0 atom stereocenters. The Morgan fingerprint density at radius 3 is 2.70 bits per heavy atom. The van der Waals surface area contributed by atoms with Crippen LogP contribution < -0.4 is 0 Å². The van der Waals surface area contributed by atoms with E-state index in [1.807, 2.05) is 6.08 Å². The first-order chi connectivity index (χ1) is 4.70. The van der Waals surface area contributed by atoms with Gasteiger partial charge in [0.25, 0.3) is 0 Å². The molecule has 0 aliphatic heterocycles. The fourth-order valence-corrected chi connectivity index (χ4v) is 1.84. The summed E-state index contributed by atoms with van der Waals surface area (Å²) < 4.78 is 0.988. The van der Waals surface area contributed by atoms with Gasteiger partial charge in [-0.05, 0) is 61.9 Å². The predicted octanol–water partition coefficient (Wildman–Crippen LogP) is 4.14. The van der Waals surface area contributed by atoms with Crippen LogP contribution in [0.1, 0.15) is 10.4 Å². The topological polar surface area (TPSA) is 0 Å². The van der Waals surface area contributed by atoms with Gasteiger partial charge in [0.15, 0.2) is 0 Å². The summed E-state index contributed by atoms with van der Waals surface area (Å²) in [4.78, 5) is 1.34. The Kier molecular flexibility index (Phi) is 3.14. The van der Waals surface area contributed by atoms with Crippen molar-refractivity contribution in [2.75, 3.05) is 0 Å². The molecule has 0 saturated carbocycles. The number of thiophene rings is 1. The van der Waals surface area contributed by atoms with E-state index in [9.17, 15) is 0 Å². The number of hydrogen-bond acceptors (Lipinski definition) is 1. The van der Waals surface area contributed by atoms with E-state index in [1.165, 1.54) is 10.4 Å². The van der Waals surface area contributed by atoms with E-state index in [2.05, 4.69) is 50.2 Å². The molecule has 1 aromatic rings. The molecule has 0 fully saturated rings. The molecule has 0 N–H and O–H groups in total. The van der Waals surface area contributed by atoms with Crippen LogP contribution in [0.2, 0.25) is 0 Å². The summed E-state index contributed by atoms with van der Waals surface area (Å²) >= 11 is 8.38. The zero-order chi connectivity index (χ0) is 7.56. The molecule has 0 unspecified atom stereocenters. The summed E-state index contributed by atoms with van der Waals surface area (Å²) in [5.74, 6) is 0. The molecule has 3 heteroatoms. The van der Waals surface area contributed by atoms with Crippen molar-refractivity contribution >= 4 is 49.3 Å². The van der Waals surface area contributed by atoms with Gasteiger partial charge < -0.3 is 0 Å². The molecule has 1 aromatic heterocycles. The van der Waals surface area contributed by atoms with Crippen LogP contribution in [0.15, 0.2) is 14.8 Å². The Morgan fingerprint density at radius 2 is 2.30 bits per heavy atom. The van der Waals surface area contributed by atoms with E-state index in [4.69, 9.17) is 0 Å². The summed E-state index contributed by atoms with van der Waals surface area (Å²) in [6.45, 7) is 2.11. The molecule has 1 rings (SSSR count). The quantitative estimate of drug-likeness (QED) is 0.726. The third kappa shape index (κ3) is 2.22. The van der Waals surface area contributed by atoms with Crippen LogP contribution >= 0.6 is 43.2 Å². The van der Waals surface area contributed by atoms with Crippen LogP contribution in [-0.2, 0) is 0 Å². The summed E-state index contributed by atoms with van der Waals surface area (Å²) in [6.07, 6.45) is 2.05. The molecule has 0 saturated heterocycles. The molecule has 1 heterocycles. The highest BCUT2D eigenvalue weighted by Crippen LogP contribution is 2.22. The first-order valence-corrected chi connectivity index (χ1v) is 5.23. The van der Waals surface area contributed by atoms with Gasteiger partial charge in [-0.2, -0.15) is 0 Å². The first-order valence-electron chi connectivity index (χ1n) is 2.77. The molecule has 0 aliphatic carbocycles. The Bertz CT molecular complexity index is 246. The smallest absolute Gasteiger partial charge is 0.0610 e. The Balaban J connectivity index is 2.95. The zero-order valence-electron chi connectivity index (χ0n) is 5.40. The maximum atomic E-state index is 3.31.